The van der Waals surface area contributed by atoms with Crippen molar-refractivity contribution >= 4 is 58.1 Å². The second-order valence-corrected chi connectivity index (χ2v) is 36.5. The topological polar surface area (TPSA) is 94.8 Å². The lowest BCUT2D eigenvalue weighted by molar-refractivity contribution is -0.151. The first kappa shape index (κ1) is 52.4. The van der Waals surface area contributed by atoms with E-state index in [4.69, 9.17) is 37.0 Å². The molecular weight excluding hydrogens is 865 g/mol. The van der Waals surface area contributed by atoms with Crippen LogP contribution in [0.4, 0.5) is 0 Å². The van der Waals surface area contributed by atoms with Gasteiger partial charge < -0.3 is 37.0 Å². The highest BCUT2D eigenvalue weighted by molar-refractivity contribution is 6.99. The minimum Gasteiger partial charge on any atom is -0.466 e. The van der Waals surface area contributed by atoms with Crippen molar-refractivity contribution in [2.45, 2.75) is 155 Å². The van der Waals surface area contributed by atoms with Gasteiger partial charge in [-0.15, -0.1) is 0 Å². The first-order valence-corrected chi connectivity index (χ1v) is 31.8. The van der Waals surface area contributed by atoms with E-state index in [1.54, 1.807) is 19.4 Å². The molecule has 0 N–H and O–H groups in total. The Kier molecular flexibility index (Phi) is 17.0. The van der Waals surface area contributed by atoms with Crippen LogP contribution in [0.5, 0.6) is 5.75 Å². The van der Waals surface area contributed by atoms with Crippen molar-refractivity contribution in [2.24, 2.45) is 5.92 Å². The number of carbonyl (C=O) groups is 1. The minimum atomic E-state index is -2.80. The predicted molar refractivity (Wildman–Crippen MR) is 273 cm³/mol. The molecule has 9 nitrogen and oxygen atoms in total. The summed E-state index contributed by atoms with van der Waals surface area (Å²) in [4.78, 5) is 13.9. The van der Waals surface area contributed by atoms with Gasteiger partial charge in [0.05, 0.1) is 25.1 Å². The van der Waals surface area contributed by atoms with Gasteiger partial charge in [-0.05, 0) is 78.8 Å². The molecule has 1 aromatic heterocycles. The van der Waals surface area contributed by atoms with E-state index < -0.39 is 48.7 Å². The number of hydrogen-bond acceptors (Lipinski definition) is 9. The third-order valence-corrected chi connectivity index (χ3v) is 24.3. The molecule has 0 aliphatic carbocycles. The molecule has 0 bridgehead atoms. The number of benzene rings is 3. The smallest absolute Gasteiger partial charge is 0.342 e. The summed E-state index contributed by atoms with van der Waals surface area (Å²) >= 11 is 0. The van der Waals surface area contributed by atoms with Gasteiger partial charge in [0.2, 0.25) is 0 Å². The van der Waals surface area contributed by atoms with Crippen LogP contribution < -0.4 is 15.1 Å². The lowest BCUT2D eigenvalue weighted by Crippen LogP contribution is -2.67. The molecule has 0 spiro atoms. The van der Waals surface area contributed by atoms with Gasteiger partial charge in [0, 0.05) is 38.3 Å². The van der Waals surface area contributed by atoms with Crippen LogP contribution in [0, 0.1) is 5.92 Å². The molecule has 1 unspecified atom stereocenters. The summed E-state index contributed by atoms with van der Waals surface area (Å²) in [6, 6.07) is 26.0. The van der Waals surface area contributed by atoms with Crippen molar-refractivity contribution in [3.05, 3.63) is 108 Å². The Hall–Kier alpha value is -3.60. The van der Waals surface area contributed by atoms with E-state index in [0.717, 1.165) is 11.4 Å². The zero-order chi connectivity index (χ0) is 48.0. The summed E-state index contributed by atoms with van der Waals surface area (Å²) in [7, 11) is -5.05. The van der Waals surface area contributed by atoms with Crippen molar-refractivity contribution in [2.75, 3.05) is 20.5 Å². The molecule has 0 saturated carbocycles. The third-order valence-electron chi connectivity index (χ3n) is 12.9. The molecule has 0 amide bonds. The molecule has 5 atom stereocenters. The zero-order valence-corrected chi connectivity index (χ0v) is 45.2. The van der Waals surface area contributed by atoms with Crippen LogP contribution >= 0.6 is 0 Å². The van der Waals surface area contributed by atoms with Gasteiger partial charge >= 0.3 is 5.97 Å². The highest BCUT2D eigenvalue weighted by atomic mass is 28.4. The van der Waals surface area contributed by atoms with Crippen LogP contribution in [0.1, 0.15) is 91.6 Å². The SMILES string of the molecule is COCOc1cc2occc2c(/C=C/C[C@@H]2OC(C)(C)O[C@@H]2C(/C=C\[C@@H](C)[C@H](C)O[Si](c2ccccc2)(c2ccccc2)C(C)(C)C)O[Si](C)(C)C(C)(C)C)c1C(=O)OCC[Si](C)(C)C. The van der Waals surface area contributed by atoms with E-state index in [0.29, 0.717) is 35.5 Å². The van der Waals surface area contributed by atoms with Gasteiger partial charge in [0.25, 0.3) is 8.32 Å². The van der Waals surface area contributed by atoms with Crippen LogP contribution in [0.25, 0.3) is 17.0 Å². The summed E-state index contributed by atoms with van der Waals surface area (Å²) in [5, 5.41) is 3.07. The van der Waals surface area contributed by atoms with Crippen molar-refractivity contribution in [3.8, 4) is 5.75 Å². The molecule has 0 radical (unpaired) electrons. The fourth-order valence-corrected chi connectivity index (χ4v) is 14.9. The number of fused-ring (bicyclic) bond motifs is 1. The van der Waals surface area contributed by atoms with Crippen molar-refractivity contribution in [3.63, 3.8) is 0 Å². The van der Waals surface area contributed by atoms with Crippen LogP contribution in [-0.2, 0) is 27.8 Å². The Morgan fingerprint density at radius 1 is 0.831 bits per heavy atom. The maximum Gasteiger partial charge on any atom is 0.342 e. The standard InChI is InChI=1S/C53H78O9Si3/c1-38(39(2)61-65(52(6,7)8,40-24-19-17-20-25-40)41-26-21-18-22-27-41)30-31-45(62-64(15,16)51(3,4)5)49-44(59-53(9,10)60-49)29-23-28-43-42-32-33-56-46(42)36-47(58-37-55-11)48(43)50(54)57-34-35-63(12,13)14/h17-28,30-33,36,38-39,44-45,49H,29,34-35,37H2,1-16H3/b28-23+,31-30-/t38-,39+,44+,45?,49+/m1/s1. The first-order chi connectivity index (χ1) is 30.3. The molecular formula is C53H78O9Si3. The number of methoxy groups -OCH3 is 1. The summed E-state index contributed by atoms with van der Waals surface area (Å²) in [5.41, 5.74) is 1.56. The normalized spacial score (nSPS) is 19.0. The quantitative estimate of drug-likeness (QED) is 0.0371. The maximum atomic E-state index is 13.9. The Morgan fingerprint density at radius 3 is 2.00 bits per heavy atom. The van der Waals surface area contributed by atoms with E-state index in [9.17, 15) is 4.79 Å². The van der Waals surface area contributed by atoms with Gasteiger partial charge in [0.1, 0.15) is 23.0 Å². The molecule has 4 aromatic rings. The van der Waals surface area contributed by atoms with E-state index in [1.165, 1.54) is 10.4 Å². The van der Waals surface area contributed by atoms with E-state index in [2.05, 4.69) is 161 Å². The second-order valence-electron chi connectivity index (χ2n) is 21.8. The molecule has 1 aliphatic rings. The number of esters is 1. The molecule has 1 saturated heterocycles. The highest BCUT2D eigenvalue weighted by Gasteiger charge is 2.52. The third kappa shape index (κ3) is 12.9. The Labute approximate surface area is 393 Å². The fourth-order valence-electron chi connectivity index (χ4n) is 8.15. The summed E-state index contributed by atoms with van der Waals surface area (Å²) < 4.78 is 51.4. The van der Waals surface area contributed by atoms with Gasteiger partial charge in [-0.25, -0.2) is 4.79 Å². The van der Waals surface area contributed by atoms with Gasteiger partial charge in [-0.1, -0.05) is 153 Å². The monoisotopic (exact) mass is 942 g/mol. The van der Waals surface area contributed by atoms with E-state index in [-0.39, 0.29) is 35.0 Å². The lowest BCUT2D eigenvalue weighted by atomic mass is 9.98. The number of furan rings is 1. The molecule has 12 heteroatoms. The molecule has 2 heterocycles. The number of rotatable bonds is 20. The molecule has 356 valence electrons. The van der Waals surface area contributed by atoms with Gasteiger partial charge in [-0.2, -0.15) is 0 Å². The van der Waals surface area contributed by atoms with Crippen LogP contribution in [0.2, 0.25) is 48.9 Å². The maximum absolute atomic E-state index is 13.9. The summed E-state index contributed by atoms with van der Waals surface area (Å²) in [5.74, 6) is -0.952. The number of carbonyl (C=O) groups excluding carboxylic acids is 1. The lowest BCUT2D eigenvalue weighted by Gasteiger charge is -2.45. The van der Waals surface area contributed by atoms with Crippen molar-refractivity contribution in [1.29, 1.82) is 0 Å². The van der Waals surface area contributed by atoms with Crippen molar-refractivity contribution < 1.29 is 41.7 Å². The van der Waals surface area contributed by atoms with E-state index >= 15 is 0 Å². The minimum absolute atomic E-state index is 0.0322. The van der Waals surface area contributed by atoms with E-state index in [1.807, 2.05) is 32.1 Å². The average molecular weight is 943 g/mol. The van der Waals surface area contributed by atoms with Gasteiger partial charge in [-0.3, -0.25) is 0 Å². The average Bonchev–Trinajstić information content (AvgIpc) is 3.82. The van der Waals surface area contributed by atoms with Crippen LogP contribution in [-0.4, -0.2) is 81.4 Å². The Morgan fingerprint density at radius 2 is 1.45 bits per heavy atom. The van der Waals surface area contributed by atoms with Crippen LogP contribution in [0.3, 0.4) is 0 Å². The summed E-state index contributed by atoms with van der Waals surface area (Å²) in [6.45, 7) is 33.7. The molecule has 3 aromatic carbocycles. The fraction of sp³-hybridized carbons (Fsp3) is 0.528. The van der Waals surface area contributed by atoms with Crippen LogP contribution in [0.15, 0.2) is 102 Å². The zero-order valence-electron chi connectivity index (χ0n) is 42.2. The number of hydrogen-bond donors (Lipinski definition) is 0. The van der Waals surface area contributed by atoms with Gasteiger partial charge in [0.15, 0.2) is 20.9 Å². The number of ether oxygens (including phenoxy) is 5. The van der Waals surface area contributed by atoms with Crippen molar-refractivity contribution in [1.82, 2.24) is 0 Å². The first-order valence-electron chi connectivity index (χ1n) is 23.3. The summed E-state index contributed by atoms with van der Waals surface area (Å²) in [6.07, 6.45) is 9.19. The molecule has 1 fully saturated rings. The largest absolute Gasteiger partial charge is 0.466 e. The Balaban J connectivity index is 1.50. The highest BCUT2D eigenvalue weighted by Crippen LogP contribution is 2.42. The predicted octanol–water partition coefficient (Wildman–Crippen LogP) is 12.4. The second kappa shape index (κ2) is 21.1. The Bertz CT molecular complexity index is 2170. The molecule has 65 heavy (non-hydrogen) atoms. The molecule has 1 aliphatic heterocycles. The molecule has 5 rings (SSSR count).